The number of pyridine rings is 2. The third kappa shape index (κ3) is 3.84. The highest BCUT2D eigenvalue weighted by Gasteiger charge is 2.22. The van der Waals surface area contributed by atoms with E-state index < -0.39 is 16.9 Å². The van der Waals surface area contributed by atoms with E-state index in [1.807, 2.05) is 30.3 Å². The lowest BCUT2D eigenvalue weighted by atomic mass is 10.1. The predicted molar refractivity (Wildman–Crippen MR) is 130 cm³/mol. The molecule has 5 rings (SSSR count). The molecule has 3 aromatic heterocycles. The van der Waals surface area contributed by atoms with Gasteiger partial charge in [0, 0.05) is 18.0 Å². The van der Waals surface area contributed by atoms with E-state index in [1.54, 1.807) is 61.8 Å². The molecule has 5 aromatic rings. The number of rotatable bonds is 5. The van der Waals surface area contributed by atoms with E-state index in [1.165, 1.54) is 4.57 Å². The molecule has 7 nitrogen and oxygen atoms in total. The van der Waals surface area contributed by atoms with Gasteiger partial charge in [0.1, 0.15) is 26.6 Å². The fourth-order valence-electron chi connectivity index (χ4n) is 3.65. The topological polar surface area (TPSA) is 94.6 Å². The molecule has 0 atom stereocenters. The summed E-state index contributed by atoms with van der Waals surface area (Å²) in [6.45, 7) is 0. The molecule has 168 valence electrons. The van der Waals surface area contributed by atoms with Crippen LogP contribution in [0, 0.1) is 0 Å². The molecule has 34 heavy (non-hydrogen) atoms. The number of aromatic hydroxyl groups is 1. The first-order chi connectivity index (χ1) is 16.6. The van der Waals surface area contributed by atoms with Gasteiger partial charge < -0.3 is 14.3 Å². The summed E-state index contributed by atoms with van der Waals surface area (Å²) in [7, 11) is 1.56. The molecule has 0 amide bonds. The van der Waals surface area contributed by atoms with Crippen LogP contribution < -0.4 is 15.9 Å². The average molecular weight is 471 g/mol. The van der Waals surface area contributed by atoms with Crippen molar-refractivity contribution in [2.45, 2.75) is 9.92 Å². The molecule has 0 radical (unpaired) electrons. The Bertz CT molecular complexity index is 1600. The minimum atomic E-state index is -0.749. The largest absolute Gasteiger partial charge is 0.505 e. The standard InChI is InChI=1S/C26H18N2O5S/c1-32-18-12-10-17(11-13-18)28-19(16-7-3-2-4-8-16)15-20-22(25(28)30)23(29)24(26(31)33-20)34-21-9-5-6-14-27-21/h2-15,29H,1H3. The number of benzene rings is 2. The number of hydrogen-bond donors (Lipinski definition) is 1. The van der Waals surface area contributed by atoms with E-state index in [0.717, 1.165) is 17.3 Å². The number of ether oxygens (including phenoxy) is 1. The van der Waals surface area contributed by atoms with E-state index >= 15 is 0 Å². The van der Waals surface area contributed by atoms with Crippen LogP contribution in [0.5, 0.6) is 11.5 Å². The highest BCUT2D eigenvalue weighted by atomic mass is 32.2. The summed E-state index contributed by atoms with van der Waals surface area (Å²) in [4.78, 5) is 30.6. The van der Waals surface area contributed by atoms with Gasteiger partial charge in [-0.2, -0.15) is 0 Å². The molecule has 0 saturated carbocycles. The van der Waals surface area contributed by atoms with Crippen LogP contribution in [0.3, 0.4) is 0 Å². The molecule has 1 N–H and O–H groups in total. The van der Waals surface area contributed by atoms with E-state index in [9.17, 15) is 14.7 Å². The summed E-state index contributed by atoms with van der Waals surface area (Å²) in [6, 6.07) is 23.0. The van der Waals surface area contributed by atoms with Crippen LogP contribution >= 0.6 is 11.8 Å². The number of hydrogen-bond acceptors (Lipinski definition) is 7. The Morgan fingerprint density at radius 3 is 2.38 bits per heavy atom. The Balaban J connectivity index is 1.81. The monoisotopic (exact) mass is 470 g/mol. The van der Waals surface area contributed by atoms with Crippen molar-refractivity contribution in [1.29, 1.82) is 0 Å². The molecule has 0 aliphatic carbocycles. The van der Waals surface area contributed by atoms with E-state index in [0.29, 0.717) is 22.2 Å². The van der Waals surface area contributed by atoms with Gasteiger partial charge in [0.05, 0.1) is 12.8 Å². The highest BCUT2D eigenvalue weighted by molar-refractivity contribution is 7.99. The second-order valence-corrected chi connectivity index (χ2v) is 8.34. The molecule has 0 spiro atoms. The SMILES string of the molecule is COc1ccc(-n2c(-c3ccccc3)cc3oc(=O)c(Sc4ccccn4)c(O)c3c2=O)cc1. The van der Waals surface area contributed by atoms with E-state index in [2.05, 4.69) is 4.98 Å². The van der Waals surface area contributed by atoms with E-state index in [4.69, 9.17) is 9.15 Å². The lowest BCUT2D eigenvalue weighted by Gasteiger charge is -2.16. The Morgan fingerprint density at radius 1 is 0.971 bits per heavy atom. The van der Waals surface area contributed by atoms with Crippen LogP contribution in [-0.4, -0.2) is 21.8 Å². The molecule has 0 fully saturated rings. The molecule has 8 heteroatoms. The van der Waals surface area contributed by atoms with Crippen LogP contribution in [0.1, 0.15) is 0 Å². The van der Waals surface area contributed by atoms with Gasteiger partial charge in [-0.05, 0) is 42.0 Å². The van der Waals surface area contributed by atoms with Crippen LogP contribution in [0.2, 0.25) is 0 Å². The van der Waals surface area contributed by atoms with Gasteiger partial charge in [0.15, 0.2) is 5.75 Å². The predicted octanol–water partition coefficient (Wildman–Crippen LogP) is 4.87. The second kappa shape index (κ2) is 8.92. The van der Waals surface area contributed by atoms with Crippen molar-refractivity contribution >= 4 is 22.7 Å². The number of methoxy groups -OCH3 is 1. The summed E-state index contributed by atoms with van der Waals surface area (Å²) < 4.78 is 12.2. The van der Waals surface area contributed by atoms with Crippen molar-refractivity contribution in [1.82, 2.24) is 9.55 Å². The molecule has 3 heterocycles. The minimum Gasteiger partial charge on any atom is -0.505 e. The van der Waals surface area contributed by atoms with Crippen molar-refractivity contribution < 1.29 is 14.3 Å². The molecule has 0 aliphatic heterocycles. The summed E-state index contributed by atoms with van der Waals surface area (Å²) in [5, 5.41) is 11.4. The average Bonchev–Trinajstić information content (AvgIpc) is 2.87. The maximum atomic E-state index is 13.8. The molecule has 2 aromatic carbocycles. The number of nitrogens with zero attached hydrogens (tertiary/aromatic N) is 2. The Labute approximate surface area is 197 Å². The van der Waals surface area contributed by atoms with Crippen LogP contribution in [-0.2, 0) is 0 Å². The quantitative estimate of drug-likeness (QED) is 0.392. The van der Waals surface area contributed by atoms with Crippen LogP contribution in [0.4, 0.5) is 0 Å². The van der Waals surface area contributed by atoms with Crippen LogP contribution in [0.25, 0.3) is 27.9 Å². The van der Waals surface area contributed by atoms with Gasteiger partial charge in [-0.3, -0.25) is 9.36 Å². The van der Waals surface area contributed by atoms with Crippen molar-refractivity contribution in [2.75, 3.05) is 7.11 Å². The normalized spacial score (nSPS) is 11.0. The Kier molecular flexibility index (Phi) is 5.65. The van der Waals surface area contributed by atoms with Gasteiger partial charge in [0.2, 0.25) is 0 Å². The molecule has 0 unspecified atom stereocenters. The first-order valence-corrected chi connectivity index (χ1v) is 11.1. The van der Waals surface area contributed by atoms with E-state index in [-0.39, 0.29) is 15.9 Å². The van der Waals surface area contributed by atoms with Gasteiger partial charge in [-0.1, -0.05) is 48.2 Å². The number of fused-ring (bicyclic) bond motifs is 1. The van der Waals surface area contributed by atoms with Gasteiger partial charge >= 0.3 is 5.63 Å². The molecule has 0 aliphatic rings. The Hall–Kier alpha value is -4.30. The molecular weight excluding hydrogens is 452 g/mol. The van der Waals surface area contributed by atoms with Crippen LogP contribution in [0.15, 0.2) is 109 Å². The molecular formula is C26H18N2O5S. The van der Waals surface area contributed by atoms with Gasteiger partial charge in [-0.15, -0.1) is 0 Å². The maximum absolute atomic E-state index is 13.8. The third-order valence-electron chi connectivity index (χ3n) is 5.26. The zero-order valence-corrected chi connectivity index (χ0v) is 18.8. The first kappa shape index (κ1) is 21.5. The summed E-state index contributed by atoms with van der Waals surface area (Å²) >= 11 is 0.940. The zero-order chi connectivity index (χ0) is 23.7. The molecule has 0 bridgehead atoms. The van der Waals surface area contributed by atoms with Crippen molar-refractivity contribution in [2.24, 2.45) is 0 Å². The van der Waals surface area contributed by atoms with Gasteiger partial charge in [-0.25, -0.2) is 9.78 Å². The zero-order valence-electron chi connectivity index (χ0n) is 18.0. The third-order valence-corrected chi connectivity index (χ3v) is 6.27. The summed E-state index contributed by atoms with van der Waals surface area (Å²) in [5.74, 6) is 0.204. The van der Waals surface area contributed by atoms with Crippen molar-refractivity contribution in [3.05, 3.63) is 106 Å². The van der Waals surface area contributed by atoms with Crippen molar-refractivity contribution in [3.63, 3.8) is 0 Å². The summed E-state index contributed by atoms with van der Waals surface area (Å²) in [5.41, 5.74) is 0.548. The second-order valence-electron chi connectivity index (χ2n) is 7.31. The minimum absolute atomic E-state index is 0.00138. The Morgan fingerprint density at radius 2 is 1.71 bits per heavy atom. The lowest BCUT2D eigenvalue weighted by Crippen LogP contribution is -2.21. The highest BCUT2D eigenvalue weighted by Crippen LogP contribution is 2.36. The lowest BCUT2D eigenvalue weighted by molar-refractivity contribution is 0.414. The smallest absolute Gasteiger partial charge is 0.354 e. The van der Waals surface area contributed by atoms with Crippen molar-refractivity contribution in [3.8, 4) is 28.4 Å². The fraction of sp³-hybridized carbons (Fsp3) is 0.0385. The summed E-state index contributed by atoms with van der Waals surface area (Å²) in [6.07, 6.45) is 1.57. The number of aromatic nitrogens is 2. The fourth-order valence-corrected chi connectivity index (χ4v) is 4.45. The van der Waals surface area contributed by atoms with Gasteiger partial charge in [0.25, 0.3) is 5.56 Å². The maximum Gasteiger partial charge on any atom is 0.354 e. The molecule has 0 saturated heterocycles. The first-order valence-electron chi connectivity index (χ1n) is 10.3.